The molecule has 30 heavy (non-hydrogen) atoms. The van der Waals surface area contributed by atoms with Gasteiger partial charge in [0.2, 0.25) is 0 Å². The Labute approximate surface area is 180 Å². The quantitative estimate of drug-likeness (QED) is 0.354. The standard InChI is InChI=1S/C18H16Cl2N4O6/c1-10(17(26)23-16-14(20)8-12(19)9-22-16)30-15(25)6-7-21-18(27)11-2-4-13(5-3-11)24(28)29/h2-5,8-10H,6-7H2,1H3,(H,21,27)(H,22,23,26). The van der Waals surface area contributed by atoms with E-state index >= 15 is 0 Å². The maximum absolute atomic E-state index is 12.1. The second-order valence-corrected chi connectivity index (χ2v) is 6.76. The van der Waals surface area contributed by atoms with Crippen LogP contribution in [0.3, 0.4) is 0 Å². The Bertz CT molecular complexity index is 968. The Morgan fingerprint density at radius 2 is 1.90 bits per heavy atom. The Hall–Kier alpha value is -3.24. The molecular weight excluding hydrogens is 439 g/mol. The van der Waals surface area contributed by atoms with E-state index in [1.807, 2.05) is 0 Å². The number of carbonyl (C=O) groups is 3. The molecule has 0 fully saturated rings. The number of benzene rings is 1. The first-order chi connectivity index (χ1) is 14.2. The monoisotopic (exact) mass is 454 g/mol. The van der Waals surface area contributed by atoms with Gasteiger partial charge in [0.15, 0.2) is 11.9 Å². The van der Waals surface area contributed by atoms with E-state index in [-0.39, 0.29) is 35.1 Å². The van der Waals surface area contributed by atoms with Gasteiger partial charge in [-0.1, -0.05) is 23.2 Å². The van der Waals surface area contributed by atoms with Crippen molar-refractivity contribution in [2.75, 3.05) is 11.9 Å². The van der Waals surface area contributed by atoms with Gasteiger partial charge in [0, 0.05) is 30.4 Å². The highest BCUT2D eigenvalue weighted by Crippen LogP contribution is 2.22. The number of nitrogens with one attached hydrogen (secondary N) is 2. The smallest absolute Gasteiger partial charge is 0.308 e. The van der Waals surface area contributed by atoms with E-state index in [2.05, 4.69) is 15.6 Å². The van der Waals surface area contributed by atoms with Gasteiger partial charge in [0.05, 0.1) is 21.4 Å². The normalized spacial score (nSPS) is 11.3. The fourth-order valence-electron chi connectivity index (χ4n) is 2.15. The summed E-state index contributed by atoms with van der Waals surface area (Å²) in [6, 6.07) is 6.40. The summed E-state index contributed by atoms with van der Waals surface area (Å²) in [7, 11) is 0. The van der Waals surface area contributed by atoms with Gasteiger partial charge in [-0.25, -0.2) is 4.98 Å². The average molecular weight is 455 g/mol. The van der Waals surface area contributed by atoms with Crippen molar-refractivity contribution in [2.24, 2.45) is 0 Å². The van der Waals surface area contributed by atoms with Crippen molar-refractivity contribution < 1.29 is 24.0 Å². The molecule has 2 amide bonds. The zero-order valence-corrected chi connectivity index (χ0v) is 17.1. The molecule has 0 spiro atoms. The summed E-state index contributed by atoms with van der Waals surface area (Å²) >= 11 is 11.6. The summed E-state index contributed by atoms with van der Waals surface area (Å²) in [6.45, 7) is 1.32. The summed E-state index contributed by atoms with van der Waals surface area (Å²) < 4.78 is 5.00. The van der Waals surface area contributed by atoms with E-state index in [0.29, 0.717) is 5.02 Å². The van der Waals surface area contributed by atoms with Crippen molar-refractivity contribution in [3.05, 3.63) is 62.3 Å². The van der Waals surface area contributed by atoms with Crippen LogP contribution in [-0.4, -0.2) is 40.3 Å². The number of nitrogens with zero attached hydrogens (tertiary/aromatic N) is 2. The molecule has 0 aliphatic heterocycles. The number of carbonyl (C=O) groups excluding carboxylic acids is 3. The molecule has 0 aliphatic rings. The maximum atomic E-state index is 12.1. The number of amides is 2. The molecule has 2 aromatic rings. The molecule has 2 rings (SSSR count). The van der Waals surface area contributed by atoms with E-state index in [1.54, 1.807) is 0 Å². The maximum Gasteiger partial charge on any atom is 0.308 e. The van der Waals surface area contributed by atoms with Gasteiger partial charge in [-0.15, -0.1) is 0 Å². The van der Waals surface area contributed by atoms with Crippen LogP contribution in [0.15, 0.2) is 36.5 Å². The SMILES string of the molecule is CC(OC(=O)CCNC(=O)c1ccc([N+](=O)[O-])cc1)C(=O)Nc1ncc(Cl)cc1Cl. The summed E-state index contributed by atoms with van der Waals surface area (Å²) in [5, 5.41) is 15.9. The van der Waals surface area contributed by atoms with Gasteiger partial charge in [-0.05, 0) is 25.1 Å². The minimum atomic E-state index is -1.13. The first kappa shape index (κ1) is 23.0. The third-order valence-corrected chi connectivity index (χ3v) is 4.18. The summed E-state index contributed by atoms with van der Waals surface area (Å²) in [5.74, 6) is -1.79. The minimum Gasteiger partial charge on any atom is -0.452 e. The van der Waals surface area contributed by atoms with Crippen molar-refractivity contribution in [3.8, 4) is 0 Å². The molecular formula is C18H16Cl2N4O6. The number of hydrogen-bond donors (Lipinski definition) is 2. The number of nitro groups is 1. The molecule has 1 aromatic carbocycles. The lowest BCUT2D eigenvalue weighted by Crippen LogP contribution is -2.32. The fourth-order valence-corrected chi connectivity index (χ4v) is 2.58. The van der Waals surface area contributed by atoms with Crippen LogP contribution >= 0.6 is 23.2 Å². The first-order valence-electron chi connectivity index (χ1n) is 8.51. The number of anilines is 1. The largest absolute Gasteiger partial charge is 0.452 e. The molecule has 2 N–H and O–H groups in total. The third kappa shape index (κ3) is 6.68. The van der Waals surface area contributed by atoms with E-state index in [0.717, 1.165) is 0 Å². The number of nitro benzene ring substituents is 1. The Morgan fingerprint density at radius 3 is 2.50 bits per heavy atom. The number of rotatable bonds is 8. The number of ether oxygens (including phenoxy) is 1. The van der Waals surface area contributed by atoms with E-state index in [1.165, 1.54) is 43.5 Å². The predicted molar refractivity (Wildman–Crippen MR) is 108 cm³/mol. The van der Waals surface area contributed by atoms with Crippen molar-refractivity contribution in [1.29, 1.82) is 0 Å². The minimum absolute atomic E-state index is 0.0481. The average Bonchev–Trinajstić information content (AvgIpc) is 2.69. The van der Waals surface area contributed by atoms with Gasteiger partial charge in [0.1, 0.15) is 0 Å². The van der Waals surface area contributed by atoms with Gasteiger partial charge < -0.3 is 15.4 Å². The second kappa shape index (κ2) is 10.5. The molecule has 1 unspecified atom stereocenters. The first-order valence-corrected chi connectivity index (χ1v) is 9.27. The summed E-state index contributed by atoms with van der Waals surface area (Å²) in [6.07, 6.45) is -0.0136. The molecule has 1 aromatic heterocycles. The van der Waals surface area contributed by atoms with E-state index in [4.69, 9.17) is 27.9 Å². The summed E-state index contributed by atoms with van der Waals surface area (Å²) in [5.41, 5.74) is 0.0616. The van der Waals surface area contributed by atoms with Crippen LogP contribution in [0.4, 0.5) is 11.5 Å². The zero-order valence-electron chi connectivity index (χ0n) is 15.6. The number of aromatic nitrogens is 1. The van der Waals surface area contributed by atoms with Crippen LogP contribution in [0.1, 0.15) is 23.7 Å². The lowest BCUT2D eigenvalue weighted by molar-refractivity contribution is -0.384. The fraction of sp³-hybridized carbons (Fsp3) is 0.222. The number of halogens is 2. The molecule has 0 radical (unpaired) electrons. The van der Waals surface area contributed by atoms with Gasteiger partial charge in [-0.3, -0.25) is 24.5 Å². The van der Waals surface area contributed by atoms with E-state index < -0.39 is 28.8 Å². The second-order valence-electron chi connectivity index (χ2n) is 5.92. The zero-order chi connectivity index (χ0) is 22.3. The molecule has 158 valence electrons. The molecule has 1 atom stereocenters. The number of non-ortho nitro benzene ring substituents is 1. The molecule has 0 saturated carbocycles. The predicted octanol–water partition coefficient (Wildman–Crippen LogP) is 2.99. The molecule has 1 heterocycles. The lowest BCUT2D eigenvalue weighted by Gasteiger charge is -2.14. The van der Waals surface area contributed by atoms with Crippen molar-refractivity contribution in [1.82, 2.24) is 10.3 Å². The van der Waals surface area contributed by atoms with Gasteiger partial charge in [-0.2, -0.15) is 0 Å². The Morgan fingerprint density at radius 1 is 1.23 bits per heavy atom. The van der Waals surface area contributed by atoms with Crippen LogP contribution < -0.4 is 10.6 Å². The molecule has 10 nitrogen and oxygen atoms in total. The van der Waals surface area contributed by atoms with Gasteiger partial charge >= 0.3 is 5.97 Å². The van der Waals surface area contributed by atoms with Crippen LogP contribution in [0, 0.1) is 10.1 Å². The Balaban J connectivity index is 1.77. The highest BCUT2D eigenvalue weighted by atomic mass is 35.5. The molecule has 0 saturated heterocycles. The van der Waals surface area contributed by atoms with Crippen LogP contribution in [0.5, 0.6) is 0 Å². The molecule has 0 bridgehead atoms. The third-order valence-electron chi connectivity index (χ3n) is 3.68. The lowest BCUT2D eigenvalue weighted by atomic mass is 10.2. The van der Waals surface area contributed by atoms with Crippen LogP contribution in [0.2, 0.25) is 10.0 Å². The number of pyridine rings is 1. The summed E-state index contributed by atoms with van der Waals surface area (Å²) in [4.78, 5) is 49.8. The Kier molecular flexibility index (Phi) is 8.07. The van der Waals surface area contributed by atoms with Crippen LogP contribution in [-0.2, 0) is 14.3 Å². The van der Waals surface area contributed by atoms with E-state index in [9.17, 15) is 24.5 Å². The van der Waals surface area contributed by atoms with Crippen molar-refractivity contribution >= 4 is 52.5 Å². The number of esters is 1. The van der Waals surface area contributed by atoms with Crippen LogP contribution in [0.25, 0.3) is 0 Å². The number of hydrogen-bond acceptors (Lipinski definition) is 7. The highest BCUT2D eigenvalue weighted by molar-refractivity contribution is 6.36. The molecule has 12 heteroatoms. The highest BCUT2D eigenvalue weighted by Gasteiger charge is 2.19. The van der Waals surface area contributed by atoms with Crippen molar-refractivity contribution in [3.63, 3.8) is 0 Å². The molecule has 0 aliphatic carbocycles. The van der Waals surface area contributed by atoms with Crippen molar-refractivity contribution in [2.45, 2.75) is 19.4 Å². The van der Waals surface area contributed by atoms with Gasteiger partial charge in [0.25, 0.3) is 17.5 Å². The topological polar surface area (TPSA) is 141 Å².